The summed E-state index contributed by atoms with van der Waals surface area (Å²) in [7, 11) is 0. The smallest absolute Gasteiger partial charge is 0.120 e. The third-order valence-electron chi connectivity index (χ3n) is 4.18. The van der Waals surface area contributed by atoms with E-state index < -0.39 is 0 Å². The number of benzene rings is 1. The van der Waals surface area contributed by atoms with E-state index in [0.717, 1.165) is 30.4 Å². The van der Waals surface area contributed by atoms with E-state index in [0.29, 0.717) is 5.75 Å². The first-order valence-corrected chi connectivity index (χ1v) is 7.22. The van der Waals surface area contributed by atoms with E-state index in [1.807, 2.05) is 18.2 Å². The second-order valence-corrected chi connectivity index (χ2v) is 5.71. The summed E-state index contributed by atoms with van der Waals surface area (Å²) in [5.41, 5.74) is 1.03. The minimum Gasteiger partial charge on any atom is -0.508 e. The van der Waals surface area contributed by atoms with E-state index in [1.165, 1.54) is 19.3 Å². The lowest BCUT2D eigenvalue weighted by Crippen LogP contribution is -2.26. The lowest BCUT2D eigenvalue weighted by atomic mass is 10.0. The fraction of sp³-hybridized carbons (Fsp3) is 0.625. The van der Waals surface area contributed by atoms with Gasteiger partial charge < -0.3 is 10.4 Å². The maximum Gasteiger partial charge on any atom is 0.120 e. The summed E-state index contributed by atoms with van der Waals surface area (Å²) < 4.78 is 0. The van der Waals surface area contributed by atoms with Gasteiger partial charge in [0.1, 0.15) is 5.75 Å². The molecule has 0 saturated heterocycles. The molecule has 0 radical (unpaired) electrons. The van der Waals surface area contributed by atoms with Gasteiger partial charge in [0.2, 0.25) is 0 Å². The average Bonchev–Trinajstić information content (AvgIpc) is 2.78. The van der Waals surface area contributed by atoms with Crippen LogP contribution in [-0.2, 0) is 0 Å². The lowest BCUT2D eigenvalue weighted by Gasteiger charge is -2.21. The highest BCUT2D eigenvalue weighted by atomic mass is 16.3. The van der Waals surface area contributed by atoms with Gasteiger partial charge in [0.15, 0.2) is 0 Å². The van der Waals surface area contributed by atoms with E-state index in [-0.39, 0.29) is 6.04 Å². The van der Waals surface area contributed by atoms with Gasteiger partial charge in [-0.2, -0.15) is 0 Å². The molecule has 1 aliphatic rings. The highest BCUT2D eigenvalue weighted by Crippen LogP contribution is 2.31. The van der Waals surface area contributed by atoms with Crippen molar-refractivity contribution < 1.29 is 5.11 Å². The molecule has 18 heavy (non-hydrogen) atoms. The Morgan fingerprint density at radius 1 is 1.33 bits per heavy atom. The molecule has 1 fully saturated rings. The molecule has 1 aromatic rings. The van der Waals surface area contributed by atoms with Gasteiger partial charge in [-0.25, -0.2) is 0 Å². The van der Waals surface area contributed by atoms with Crippen molar-refractivity contribution in [1.29, 1.82) is 0 Å². The standard InChI is InChI=1S/C16H25NO/c1-3-15(14-6-4-5-7-16(14)18)17-11-13-9-8-12(2)10-13/h4-7,12-13,15,17-18H,3,8-11H2,1-2H3. The molecule has 2 heteroatoms. The quantitative estimate of drug-likeness (QED) is 0.828. The SMILES string of the molecule is CCC(NCC1CCC(C)C1)c1ccccc1O. The summed E-state index contributed by atoms with van der Waals surface area (Å²) >= 11 is 0. The van der Waals surface area contributed by atoms with Gasteiger partial charge in [0, 0.05) is 11.6 Å². The Morgan fingerprint density at radius 3 is 2.72 bits per heavy atom. The van der Waals surface area contributed by atoms with E-state index in [1.54, 1.807) is 6.07 Å². The molecule has 0 aromatic heterocycles. The molecular formula is C16H25NO. The van der Waals surface area contributed by atoms with Crippen LogP contribution in [0.1, 0.15) is 51.1 Å². The number of aromatic hydroxyl groups is 1. The summed E-state index contributed by atoms with van der Waals surface area (Å²) in [6.07, 6.45) is 5.09. The molecule has 2 N–H and O–H groups in total. The Hall–Kier alpha value is -1.02. The van der Waals surface area contributed by atoms with Gasteiger partial charge in [-0.15, -0.1) is 0 Å². The highest BCUT2D eigenvalue weighted by molar-refractivity contribution is 5.34. The number of nitrogens with one attached hydrogen (secondary N) is 1. The molecule has 0 aliphatic heterocycles. The van der Waals surface area contributed by atoms with Crippen molar-refractivity contribution >= 4 is 0 Å². The van der Waals surface area contributed by atoms with E-state index in [9.17, 15) is 5.11 Å². The molecule has 100 valence electrons. The number of para-hydroxylation sites is 1. The maximum atomic E-state index is 9.91. The fourth-order valence-electron chi connectivity index (χ4n) is 3.08. The zero-order valence-electron chi connectivity index (χ0n) is 11.5. The Bertz CT molecular complexity index is 377. The average molecular weight is 247 g/mol. The molecule has 3 atom stereocenters. The highest BCUT2D eigenvalue weighted by Gasteiger charge is 2.22. The van der Waals surface area contributed by atoms with Crippen molar-refractivity contribution in [1.82, 2.24) is 5.32 Å². The Balaban J connectivity index is 1.92. The van der Waals surface area contributed by atoms with Crippen LogP contribution in [0.2, 0.25) is 0 Å². The molecule has 0 amide bonds. The molecule has 2 rings (SSSR count). The second kappa shape index (κ2) is 6.24. The van der Waals surface area contributed by atoms with Crippen LogP contribution in [0.3, 0.4) is 0 Å². The Morgan fingerprint density at radius 2 is 2.11 bits per heavy atom. The summed E-state index contributed by atoms with van der Waals surface area (Å²) in [5, 5.41) is 13.5. The predicted molar refractivity (Wildman–Crippen MR) is 75.6 cm³/mol. The van der Waals surface area contributed by atoms with Gasteiger partial charge in [-0.3, -0.25) is 0 Å². The maximum absolute atomic E-state index is 9.91. The van der Waals surface area contributed by atoms with Crippen LogP contribution in [-0.4, -0.2) is 11.7 Å². The van der Waals surface area contributed by atoms with Crippen LogP contribution < -0.4 is 5.32 Å². The van der Waals surface area contributed by atoms with E-state index in [4.69, 9.17) is 0 Å². The molecular weight excluding hydrogens is 222 g/mol. The van der Waals surface area contributed by atoms with Crippen LogP contribution in [0.5, 0.6) is 5.75 Å². The normalized spacial score (nSPS) is 25.2. The monoisotopic (exact) mass is 247 g/mol. The molecule has 1 aromatic carbocycles. The summed E-state index contributed by atoms with van der Waals surface area (Å²) in [6, 6.07) is 7.95. The van der Waals surface area contributed by atoms with Crippen LogP contribution >= 0.6 is 0 Å². The van der Waals surface area contributed by atoms with Gasteiger partial charge in [0.05, 0.1) is 0 Å². The van der Waals surface area contributed by atoms with Gasteiger partial charge in [-0.05, 0) is 43.7 Å². The molecule has 0 spiro atoms. The van der Waals surface area contributed by atoms with E-state index >= 15 is 0 Å². The van der Waals surface area contributed by atoms with Crippen LogP contribution in [0.4, 0.5) is 0 Å². The Labute approximate surface area is 110 Å². The number of phenolic OH excluding ortho intramolecular Hbond substituents is 1. The third-order valence-corrected chi connectivity index (χ3v) is 4.18. The largest absolute Gasteiger partial charge is 0.508 e. The number of hydrogen-bond donors (Lipinski definition) is 2. The zero-order valence-corrected chi connectivity index (χ0v) is 11.5. The van der Waals surface area contributed by atoms with Crippen LogP contribution in [0.25, 0.3) is 0 Å². The molecule has 0 bridgehead atoms. The first-order valence-electron chi connectivity index (χ1n) is 7.22. The van der Waals surface area contributed by atoms with Gasteiger partial charge in [0.25, 0.3) is 0 Å². The summed E-state index contributed by atoms with van der Waals surface area (Å²) in [6.45, 7) is 5.60. The van der Waals surface area contributed by atoms with Crippen LogP contribution in [0.15, 0.2) is 24.3 Å². The van der Waals surface area contributed by atoms with Gasteiger partial charge in [-0.1, -0.05) is 38.5 Å². The fourth-order valence-corrected chi connectivity index (χ4v) is 3.08. The van der Waals surface area contributed by atoms with Crippen molar-refractivity contribution in [3.8, 4) is 5.75 Å². The number of rotatable bonds is 5. The third kappa shape index (κ3) is 3.26. The molecule has 0 heterocycles. The lowest BCUT2D eigenvalue weighted by molar-refractivity contribution is 0.404. The molecule has 1 aliphatic carbocycles. The van der Waals surface area contributed by atoms with Crippen molar-refractivity contribution in [2.75, 3.05) is 6.54 Å². The Kier molecular flexibility index (Phi) is 4.65. The summed E-state index contributed by atoms with van der Waals surface area (Å²) in [5.74, 6) is 2.12. The summed E-state index contributed by atoms with van der Waals surface area (Å²) in [4.78, 5) is 0. The minimum atomic E-state index is 0.280. The van der Waals surface area contributed by atoms with Crippen molar-refractivity contribution in [2.45, 2.75) is 45.6 Å². The predicted octanol–water partition coefficient (Wildman–Crippen LogP) is 3.87. The van der Waals surface area contributed by atoms with Crippen molar-refractivity contribution in [2.24, 2.45) is 11.8 Å². The van der Waals surface area contributed by atoms with Gasteiger partial charge >= 0.3 is 0 Å². The van der Waals surface area contributed by atoms with Crippen molar-refractivity contribution in [3.05, 3.63) is 29.8 Å². The number of hydrogen-bond acceptors (Lipinski definition) is 2. The molecule has 1 saturated carbocycles. The minimum absolute atomic E-state index is 0.280. The topological polar surface area (TPSA) is 32.3 Å². The number of phenols is 1. The zero-order chi connectivity index (χ0) is 13.0. The first-order chi connectivity index (χ1) is 8.70. The first kappa shape index (κ1) is 13.4. The molecule has 3 unspecified atom stereocenters. The van der Waals surface area contributed by atoms with E-state index in [2.05, 4.69) is 19.2 Å². The second-order valence-electron chi connectivity index (χ2n) is 5.71. The molecule has 2 nitrogen and oxygen atoms in total. The van der Waals surface area contributed by atoms with Crippen LogP contribution in [0, 0.1) is 11.8 Å². The van der Waals surface area contributed by atoms with Crippen molar-refractivity contribution in [3.63, 3.8) is 0 Å².